The van der Waals surface area contributed by atoms with Crippen LogP contribution in [0.5, 0.6) is 0 Å². The summed E-state index contributed by atoms with van der Waals surface area (Å²) >= 11 is 6.15. The Balaban J connectivity index is 1.45. The third kappa shape index (κ3) is 3.91. The molecule has 2 aliphatic rings. The number of halogens is 1. The first-order valence-corrected chi connectivity index (χ1v) is 11.6. The summed E-state index contributed by atoms with van der Waals surface area (Å²) < 4.78 is 12.3. The lowest BCUT2D eigenvalue weighted by Gasteiger charge is -2.41. The highest BCUT2D eigenvalue weighted by molar-refractivity contribution is 7.84. The van der Waals surface area contributed by atoms with E-state index in [1.807, 2.05) is 12.3 Å². The SMILES string of the molecule is CC(C)c1ccc(N2CC(C[S@@](=O)CCC3CC3)C2)c2cnc(Cl)cc12. The minimum absolute atomic E-state index is 0.447. The Hall–Kier alpha value is -1.13. The number of aromatic nitrogens is 1. The lowest BCUT2D eigenvalue weighted by molar-refractivity contribution is 0.451. The van der Waals surface area contributed by atoms with Gasteiger partial charge in [0.25, 0.3) is 0 Å². The summed E-state index contributed by atoms with van der Waals surface area (Å²) in [7, 11) is -0.647. The van der Waals surface area contributed by atoms with E-state index in [4.69, 9.17) is 11.6 Å². The van der Waals surface area contributed by atoms with E-state index in [2.05, 4.69) is 35.9 Å². The molecule has 0 N–H and O–H groups in total. The molecule has 0 amide bonds. The van der Waals surface area contributed by atoms with E-state index in [-0.39, 0.29) is 0 Å². The lowest BCUT2D eigenvalue weighted by atomic mass is 9.94. The maximum absolute atomic E-state index is 12.3. The van der Waals surface area contributed by atoms with Gasteiger partial charge in [-0.1, -0.05) is 44.4 Å². The molecule has 1 aliphatic heterocycles. The van der Waals surface area contributed by atoms with E-state index >= 15 is 0 Å². The van der Waals surface area contributed by atoms with Crippen LogP contribution in [-0.2, 0) is 10.8 Å². The molecule has 2 heterocycles. The Morgan fingerprint density at radius 2 is 2.00 bits per heavy atom. The van der Waals surface area contributed by atoms with Crippen molar-refractivity contribution in [3.8, 4) is 0 Å². The van der Waals surface area contributed by atoms with Crippen LogP contribution < -0.4 is 4.90 Å². The first-order chi connectivity index (χ1) is 12.5. The third-order valence-corrected chi connectivity index (χ3v) is 7.41. The summed E-state index contributed by atoms with van der Waals surface area (Å²) in [5.41, 5.74) is 2.54. The molecule has 0 spiro atoms. The van der Waals surface area contributed by atoms with E-state index in [1.165, 1.54) is 34.9 Å². The monoisotopic (exact) mass is 390 g/mol. The van der Waals surface area contributed by atoms with Crippen molar-refractivity contribution < 1.29 is 4.21 Å². The quantitative estimate of drug-likeness (QED) is 0.624. The molecule has 1 aliphatic carbocycles. The molecule has 0 unspecified atom stereocenters. The van der Waals surface area contributed by atoms with Gasteiger partial charge in [-0.15, -0.1) is 0 Å². The fraction of sp³-hybridized carbons (Fsp3) is 0.571. The number of fused-ring (bicyclic) bond motifs is 1. The first kappa shape index (κ1) is 18.2. The van der Waals surface area contributed by atoms with Gasteiger partial charge in [0.05, 0.1) is 0 Å². The van der Waals surface area contributed by atoms with Crippen LogP contribution >= 0.6 is 11.6 Å². The molecule has 2 aromatic rings. The molecule has 1 saturated carbocycles. The van der Waals surface area contributed by atoms with Crippen molar-refractivity contribution in [3.05, 3.63) is 35.1 Å². The van der Waals surface area contributed by atoms with Crippen LogP contribution in [0.4, 0.5) is 5.69 Å². The second kappa shape index (κ2) is 7.47. The zero-order valence-corrected chi connectivity index (χ0v) is 17.2. The van der Waals surface area contributed by atoms with Crippen molar-refractivity contribution in [2.45, 2.75) is 39.0 Å². The summed E-state index contributed by atoms with van der Waals surface area (Å²) in [5.74, 6) is 3.63. The van der Waals surface area contributed by atoms with Crippen LogP contribution in [-0.4, -0.2) is 33.8 Å². The topological polar surface area (TPSA) is 33.2 Å². The van der Waals surface area contributed by atoms with Crippen LogP contribution in [0, 0.1) is 11.8 Å². The fourth-order valence-corrected chi connectivity index (χ4v) is 5.58. The second-order valence-electron chi connectivity index (χ2n) is 8.19. The van der Waals surface area contributed by atoms with Gasteiger partial charge in [-0.2, -0.15) is 0 Å². The number of benzene rings is 1. The van der Waals surface area contributed by atoms with Gasteiger partial charge in [0.2, 0.25) is 0 Å². The number of rotatable bonds is 7. The molecule has 2 fully saturated rings. The van der Waals surface area contributed by atoms with E-state index in [1.54, 1.807) is 0 Å². The minimum Gasteiger partial charge on any atom is -0.370 e. The number of pyridine rings is 1. The molecule has 5 heteroatoms. The van der Waals surface area contributed by atoms with Gasteiger partial charge in [-0.25, -0.2) is 4.98 Å². The maximum Gasteiger partial charge on any atom is 0.129 e. The third-order valence-electron chi connectivity index (χ3n) is 5.67. The molecule has 1 saturated heterocycles. The summed E-state index contributed by atoms with van der Waals surface area (Å²) in [4.78, 5) is 6.71. The Morgan fingerprint density at radius 3 is 2.69 bits per heavy atom. The van der Waals surface area contributed by atoms with Crippen molar-refractivity contribution in [3.63, 3.8) is 0 Å². The maximum atomic E-state index is 12.3. The molecule has 1 aromatic carbocycles. The smallest absolute Gasteiger partial charge is 0.129 e. The van der Waals surface area contributed by atoms with Gasteiger partial charge >= 0.3 is 0 Å². The van der Waals surface area contributed by atoms with Crippen LogP contribution in [0.25, 0.3) is 10.8 Å². The molecule has 3 nitrogen and oxygen atoms in total. The highest BCUT2D eigenvalue weighted by Gasteiger charge is 2.30. The standard InChI is InChI=1S/C21H27ClN2OS/c1-14(2)17-5-6-20(19-10-23-21(22)9-18(17)19)24-11-16(12-24)13-26(25)8-7-15-3-4-15/h5-6,9-10,14-16H,3-4,7-8,11-13H2,1-2H3/t26-/m0/s1. The van der Waals surface area contributed by atoms with E-state index in [0.29, 0.717) is 17.0 Å². The zero-order chi connectivity index (χ0) is 18.3. The van der Waals surface area contributed by atoms with E-state index < -0.39 is 10.8 Å². The van der Waals surface area contributed by atoms with Gasteiger partial charge in [0.1, 0.15) is 5.15 Å². The second-order valence-corrected chi connectivity index (χ2v) is 10.2. The lowest BCUT2D eigenvalue weighted by Crippen LogP contribution is -2.49. The Bertz CT molecular complexity index is 828. The van der Waals surface area contributed by atoms with Crippen molar-refractivity contribution >= 4 is 38.9 Å². The predicted molar refractivity (Wildman–Crippen MR) is 112 cm³/mol. The number of hydrogen-bond donors (Lipinski definition) is 0. The average Bonchev–Trinajstić information content (AvgIpc) is 3.39. The molecule has 1 aromatic heterocycles. The number of hydrogen-bond acceptors (Lipinski definition) is 3. The van der Waals surface area contributed by atoms with Crippen molar-refractivity contribution in [2.75, 3.05) is 29.5 Å². The normalized spacial score (nSPS) is 19.2. The van der Waals surface area contributed by atoms with Crippen LogP contribution in [0.1, 0.15) is 44.6 Å². The molecule has 1 atom stereocenters. The summed E-state index contributed by atoms with van der Waals surface area (Å²) in [6, 6.07) is 6.42. The zero-order valence-electron chi connectivity index (χ0n) is 15.6. The summed E-state index contributed by atoms with van der Waals surface area (Å²) in [6.07, 6.45) is 5.77. The summed E-state index contributed by atoms with van der Waals surface area (Å²) in [5, 5.41) is 2.92. The molecule has 0 bridgehead atoms. The van der Waals surface area contributed by atoms with Crippen molar-refractivity contribution in [1.29, 1.82) is 0 Å². The Morgan fingerprint density at radius 1 is 1.23 bits per heavy atom. The molecule has 140 valence electrons. The molecule has 26 heavy (non-hydrogen) atoms. The highest BCUT2D eigenvalue weighted by atomic mass is 35.5. The van der Waals surface area contributed by atoms with Gasteiger partial charge < -0.3 is 4.90 Å². The van der Waals surface area contributed by atoms with Gasteiger partial charge in [-0.05, 0) is 41.3 Å². The summed E-state index contributed by atoms with van der Waals surface area (Å²) in [6.45, 7) is 6.40. The average molecular weight is 391 g/mol. The Kier molecular flexibility index (Phi) is 5.24. The highest BCUT2D eigenvalue weighted by Crippen LogP contribution is 2.37. The van der Waals surface area contributed by atoms with Gasteiger partial charge in [0, 0.05) is 58.6 Å². The molecular weight excluding hydrogens is 364 g/mol. The number of nitrogens with zero attached hydrogens (tertiary/aromatic N) is 2. The van der Waals surface area contributed by atoms with Crippen LogP contribution in [0.2, 0.25) is 5.15 Å². The molecule has 4 rings (SSSR count). The largest absolute Gasteiger partial charge is 0.370 e. The molecular formula is C21H27ClN2OS. The molecule has 0 radical (unpaired) electrons. The number of anilines is 1. The minimum atomic E-state index is -0.647. The van der Waals surface area contributed by atoms with Gasteiger partial charge in [-0.3, -0.25) is 4.21 Å². The van der Waals surface area contributed by atoms with Crippen molar-refractivity contribution in [1.82, 2.24) is 4.98 Å². The first-order valence-electron chi connectivity index (χ1n) is 9.69. The Labute approximate surface area is 163 Å². The predicted octanol–water partition coefficient (Wildman–Crippen LogP) is 5.00. The van der Waals surface area contributed by atoms with Crippen LogP contribution in [0.15, 0.2) is 24.4 Å². The van der Waals surface area contributed by atoms with Crippen molar-refractivity contribution in [2.24, 2.45) is 11.8 Å². The van der Waals surface area contributed by atoms with E-state index in [0.717, 1.165) is 36.9 Å². The van der Waals surface area contributed by atoms with Gasteiger partial charge in [0.15, 0.2) is 0 Å². The fourth-order valence-electron chi connectivity index (χ4n) is 3.92. The van der Waals surface area contributed by atoms with Crippen LogP contribution in [0.3, 0.4) is 0 Å². The van der Waals surface area contributed by atoms with E-state index in [9.17, 15) is 4.21 Å².